The van der Waals surface area contributed by atoms with Crippen LogP contribution in [0.2, 0.25) is 0 Å². The molecule has 0 atom stereocenters. The molecule has 0 bridgehead atoms. The molecule has 3 rings (SSSR count). The van der Waals surface area contributed by atoms with Gasteiger partial charge in [0.15, 0.2) is 0 Å². The number of hydrogen-bond donors (Lipinski definition) is 1. The Hall–Kier alpha value is -2.01. The van der Waals surface area contributed by atoms with Gasteiger partial charge in [0.25, 0.3) is 0 Å². The summed E-state index contributed by atoms with van der Waals surface area (Å²) in [7, 11) is 1.78. The van der Waals surface area contributed by atoms with Gasteiger partial charge >= 0.3 is 6.03 Å². The van der Waals surface area contributed by atoms with Crippen molar-refractivity contribution in [1.29, 1.82) is 0 Å². The van der Waals surface area contributed by atoms with Gasteiger partial charge < -0.3 is 10.2 Å². The topological polar surface area (TPSA) is 32.3 Å². The highest BCUT2D eigenvalue weighted by molar-refractivity contribution is 7.98. The third kappa shape index (κ3) is 4.15. The first-order valence-electron chi connectivity index (χ1n) is 8.41. The highest BCUT2D eigenvalue weighted by Crippen LogP contribution is 2.48. The molecule has 1 fully saturated rings. The van der Waals surface area contributed by atoms with Crippen molar-refractivity contribution in [2.45, 2.75) is 29.7 Å². The van der Waals surface area contributed by atoms with Crippen LogP contribution in [-0.4, -0.2) is 30.8 Å². The summed E-state index contributed by atoms with van der Waals surface area (Å²) >= 11 is 1.70. The van der Waals surface area contributed by atoms with E-state index in [2.05, 4.69) is 17.4 Å². The third-order valence-electron chi connectivity index (χ3n) is 4.80. The van der Waals surface area contributed by atoms with Crippen LogP contribution in [0.1, 0.15) is 24.0 Å². The number of rotatable bonds is 6. The van der Waals surface area contributed by atoms with Crippen molar-refractivity contribution in [2.75, 3.05) is 19.8 Å². The predicted molar refractivity (Wildman–Crippen MR) is 100 cm³/mol. The van der Waals surface area contributed by atoms with Gasteiger partial charge in [0.1, 0.15) is 5.82 Å². The Kier molecular flexibility index (Phi) is 5.33. The van der Waals surface area contributed by atoms with Crippen LogP contribution < -0.4 is 5.32 Å². The van der Waals surface area contributed by atoms with Crippen molar-refractivity contribution in [3.63, 3.8) is 0 Å². The lowest BCUT2D eigenvalue weighted by atomic mass is 9.95. The molecule has 132 valence electrons. The number of carbonyl (C=O) groups excluding carboxylic acids is 1. The summed E-state index contributed by atoms with van der Waals surface area (Å²) in [6.45, 7) is 1.02. The maximum Gasteiger partial charge on any atom is 0.317 e. The SMILES string of the molecule is CSc1ccc(CN(C)C(=O)NCC2(c3ccccc3F)CC2)cc1. The molecule has 0 spiro atoms. The molecule has 1 N–H and O–H groups in total. The van der Waals surface area contributed by atoms with Crippen molar-refractivity contribution in [3.8, 4) is 0 Å². The second kappa shape index (κ2) is 7.48. The molecule has 25 heavy (non-hydrogen) atoms. The average Bonchev–Trinajstić information content (AvgIpc) is 3.41. The molecule has 0 heterocycles. The fourth-order valence-corrected chi connectivity index (χ4v) is 3.45. The van der Waals surface area contributed by atoms with Crippen LogP contribution in [0.4, 0.5) is 9.18 Å². The second-order valence-corrected chi connectivity index (χ2v) is 7.50. The van der Waals surface area contributed by atoms with Gasteiger partial charge in [-0.25, -0.2) is 9.18 Å². The number of urea groups is 1. The lowest BCUT2D eigenvalue weighted by Crippen LogP contribution is -2.40. The molecule has 0 aromatic heterocycles. The van der Waals surface area contributed by atoms with E-state index in [1.807, 2.05) is 30.5 Å². The molecule has 0 saturated heterocycles. The van der Waals surface area contributed by atoms with Gasteiger partial charge in [0.05, 0.1) is 0 Å². The smallest absolute Gasteiger partial charge is 0.317 e. The minimum Gasteiger partial charge on any atom is -0.337 e. The van der Waals surface area contributed by atoms with Gasteiger partial charge in [-0.15, -0.1) is 11.8 Å². The Balaban J connectivity index is 1.56. The Bertz CT molecular complexity index is 744. The predicted octanol–water partition coefficient (Wildman–Crippen LogP) is 4.42. The summed E-state index contributed by atoms with van der Waals surface area (Å²) in [5, 5.41) is 2.97. The first-order chi connectivity index (χ1) is 12.0. The van der Waals surface area contributed by atoms with Gasteiger partial charge in [-0.2, -0.15) is 0 Å². The third-order valence-corrected chi connectivity index (χ3v) is 5.55. The second-order valence-electron chi connectivity index (χ2n) is 6.62. The van der Waals surface area contributed by atoms with E-state index >= 15 is 0 Å². The van der Waals surface area contributed by atoms with Crippen molar-refractivity contribution in [1.82, 2.24) is 10.2 Å². The van der Waals surface area contributed by atoms with Crippen molar-refractivity contribution >= 4 is 17.8 Å². The van der Waals surface area contributed by atoms with Crippen LogP contribution in [0, 0.1) is 5.82 Å². The Morgan fingerprint density at radius 1 is 1.20 bits per heavy atom. The zero-order valence-corrected chi connectivity index (χ0v) is 15.4. The number of carbonyl (C=O) groups is 1. The quantitative estimate of drug-likeness (QED) is 0.775. The molecule has 1 aliphatic carbocycles. The molecule has 1 aliphatic rings. The number of thioether (sulfide) groups is 1. The molecule has 1 saturated carbocycles. The van der Waals surface area contributed by atoms with Gasteiger partial charge in [-0.3, -0.25) is 0 Å². The largest absolute Gasteiger partial charge is 0.337 e. The lowest BCUT2D eigenvalue weighted by Gasteiger charge is -2.22. The van der Waals surface area contributed by atoms with Crippen LogP contribution in [0.25, 0.3) is 0 Å². The Labute approximate surface area is 152 Å². The van der Waals surface area contributed by atoms with E-state index in [9.17, 15) is 9.18 Å². The summed E-state index contributed by atoms with van der Waals surface area (Å²) in [6, 6.07) is 14.9. The molecule has 5 heteroatoms. The van der Waals surface area contributed by atoms with Gasteiger partial charge in [-0.05, 0) is 48.4 Å². The molecular weight excluding hydrogens is 335 g/mol. The lowest BCUT2D eigenvalue weighted by molar-refractivity contribution is 0.205. The van der Waals surface area contributed by atoms with E-state index in [4.69, 9.17) is 0 Å². The molecule has 2 amide bonds. The molecule has 0 aliphatic heterocycles. The number of benzene rings is 2. The molecule has 0 radical (unpaired) electrons. The van der Waals surface area contributed by atoms with E-state index in [0.717, 1.165) is 18.4 Å². The molecule has 2 aromatic carbocycles. The van der Waals surface area contributed by atoms with Crippen LogP contribution in [-0.2, 0) is 12.0 Å². The normalized spacial score (nSPS) is 14.8. The summed E-state index contributed by atoms with van der Waals surface area (Å²) < 4.78 is 14.0. The molecular formula is C20H23FN2OS. The fraction of sp³-hybridized carbons (Fsp3) is 0.350. The van der Waals surface area contributed by atoms with Crippen molar-refractivity contribution in [3.05, 3.63) is 65.5 Å². The van der Waals surface area contributed by atoms with Crippen molar-refractivity contribution in [2.24, 2.45) is 0 Å². The van der Waals surface area contributed by atoms with Gasteiger partial charge in [0.2, 0.25) is 0 Å². The summed E-state index contributed by atoms with van der Waals surface area (Å²) in [4.78, 5) is 15.2. The van der Waals surface area contributed by atoms with E-state index in [1.54, 1.807) is 29.8 Å². The zero-order valence-electron chi connectivity index (χ0n) is 14.6. The molecule has 2 aromatic rings. The summed E-state index contributed by atoms with van der Waals surface area (Å²) in [6.07, 6.45) is 3.86. The Morgan fingerprint density at radius 2 is 1.88 bits per heavy atom. The minimum absolute atomic E-state index is 0.128. The van der Waals surface area contributed by atoms with Crippen molar-refractivity contribution < 1.29 is 9.18 Å². The first-order valence-corrected chi connectivity index (χ1v) is 9.63. The maximum atomic E-state index is 14.0. The molecule has 3 nitrogen and oxygen atoms in total. The number of hydrogen-bond acceptors (Lipinski definition) is 2. The number of amides is 2. The van der Waals surface area contributed by atoms with E-state index in [-0.39, 0.29) is 17.3 Å². The van der Waals surface area contributed by atoms with Crippen LogP contribution in [0.3, 0.4) is 0 Å². The minimum atomic E-state index is -0.234. The maximum absolute atomic E-state index is 14.0. The van der Waals surface area contributed by atoms with E-state index in [0.29, 0.717) is 18.7 Å². The summed E-state index contributed by atoms with van der Waals surface area (Å²) in [5.41, 5.74) is 1.57. The first kappa shape index (κ1) is 17.8. The number of halogens is 1. The molecule has 0 unspecified atom stereocenters. The number of nitrogens with zero attached hydrogens (tertiary/aromatic N) is 1. The monoisotopic (exact) mass is 358 g/mol. The average molecular weight is 358 g/mol. The van der Waals surface area contributed by atoms with Crippen LogP contribution >= 0.6 is 11.8 Å². The fourth-order valence-electron chi connectivity index (χ4n) is 3.04. The zero-order chi connectivity index (χ0) is 17.9. The number of nitrogens with one attached hydrogen (secondary N) is 1. The van der Waals surface area contributed by atoms with Gasteiger partial charge in [0, 0.05) is 30.4 Å². The van der Waals surface area contributed by atoms with E-state index < -0.39 is 0 Å². The Morgan fingerprint density at radius 3 is 2.48 bits per heavy atom. The highest BCUT2D eigenvalue weighted by Gasteiger charge is 2.46. The summed E-state index contributed by atoms with van der Waals surface area (Å²) in [5.74, 6) is -0.184. The van der Waals surface area contributed by atoms with Crippen LogP contribution in [0.5, 0.6) is 0 Å². The highest BCUT2D eigenvalue weighted by atomic mass is 32.2. The van der Waals surface area contributed by atoms with Gasteiger partial charge in [-0.1, -0.05) is 30.3 Å². The van der Waals surface area contributed by atoms with E-state index in [1.165, 1.54) is 11.0 Å². The standard InChI is InChI=1S/C20H23FN2OS/c1-23(13-15-7-9-16(25-2)10-8-15)19(24)22-14-20(11-12-20)17-5-3-4-6-18(17)21/h3-10H,11-14H2,1-2H3,(H,22,24). The van der Waals surface area contributed by atoms with Crippen LogP contribution in [0.15, 0.2) is 53.4 Å².